The van der Waals surface area contributed by atoms with Gasteiger partial charge in [0.1, 0.15) is 0 Å². The van der Waals surface area contributed by atoms with Crippen LogP contribution in [0.3, 0.4) is 0 Å². The molecule has 128 valence electrons. The number of ether oxygens (including phenoxy) is 1. The first-order chi connectivity index (χ1) is 11.2. The van der Waals surface area contributed by atoms with Crippen molar-refractivity contribution in [3.63, 3.8) is 0 Å². The van der Waals surface area contributed by atoms with Gasteiger partial charge in [-0.1, -0.05) is 0 Å². The topological polar surface area (TPSA) is 150 Å². The van der Waals surface area contributed by atoms with E-state index in [1.807, 2.05) is 4.72 Å². The van der Waals surface area contributed by atoms with Gasteiger partial charge in [-0.15, -0.1) is 0 Å². The van der Waals surface area contributed by atoms with Gasteiger partial charge in [0, 0.05) is 12.6 Å². The van der Waals surface area contributed by atoms with Crippen molar-refractivity contribution in [3.8, 4) is 11.6 Å². The summed E-state index contributed by atoms with van der Waals surface area (Å²) < 4.78 is 31.1. The minimum Gasteiger partial charge on any atom is -0.490 e. The maximum atomic E-state index is 12.2. The molecule has 0 fully saturated rings. The van der Waals surface area contributed by atoms with Crippen molar-refractivity contribution in [2.24, 2.45) is 0 Å². The number of rotatable bonds is 5. The third-order valence-corrected chi connectivity index (χ3v) is 4.13. The summed E-state index contributed by atoms with van der Waals surface area (Å²) in [5.74, 6) is -1.94. The van der Waals surface area contributed by atoms with Gasteiger partial charge in [0.05, 0.1) is 12.0 Å². The van der Waals surface area contributed by atoms with Crippen molar-refractivity contribution in [1.29, 1.82) is 0 Å². The number of nitrogens with zero attached hydrogens (tertiary/aromatic N) is 1. The highest BCUT2D eigenvalue weighted by Crippen LogP contribution is 2.20. The van der Waals surface area contributed by atoms with Crippen LogP contribution in [0.5, 0.6) is 11.6 Å². The number of hydrogen-bond donors (Lipinski definition) is 4. The zero-order valence-corrected chi connectivity index (χ0v) is 13.5. The van der Waals surface area contributed by atoms with Crippen LogP contribution in [0.4, 0.5) is 11.6 Å². The predicted octanol–water partition coefficient (Wildman–Crippen LogP) is 0.243. The fourth-order valence-corrected chi connectivity index (χ4v) is 2.75. The van der Waals surface area contributed by atoms with Gasteiger partial charge < -0.3 is 15.2 Å². The van der Waals surface area contributed by atoms with Crippen LogP contribution >= 0.6 is 0 Å². The van der Waals surface area contributed by atoms with Crippen LogP contribution in [0.1, 0.15) is 6.92 Å². The third-order valence-electron chi connectivity index (χ3n) is 2.78. The van der Waals surface area contributed by atoms with E-state index in [1.54, 1.807) is 0 Å². The minimum atomic E-state index is -4.06. The first kappa shape index (κ1) is 17.3. The first-order valence-corrected chi connectivity index (χ1v) is 7.99. The Morgan fingerprint density at radius 1 is 1.29 bits per heavy atom. The highest BCUT2D eigenvalue weighted by molar-refractivity contribution is 7.92. The second kappa shape index (κ2) is 6.58. The highest BCUT2D eigenvalue weighted by atomic mass is 32.2. The molecular formula is C13H14N4O6S. The monoisotopic (exact) mass is 354 g/mol. The van der Waals surface area contributed by atoms with Gasteiger partial charge in [-0.05, 0) is 24.3 Å². The molecule has 2 rings (SSSR count). The predicted molar refractivity (Wildman–Crippen MR) is 84.6 cm³/mol. The Labute approximate surface area is 136 Å². The Hall–Kier alpha value is -3.08. The molecule has 4 N–H and O–H groups in total. The fraction of sp³-hybridized carbons (Fsp3) is 0.154. The number of aromatic hydroxyl groups is 1. The van der Waals surface area contributed by atoms with Crippen molar-refractivity contribution >= 4 is 27.6 Å². The number of benzene rings is 1. The van der Waals surface area contributed by atoms with Gasteiger partial charge in [-0.3, -0.25) is 14.6 Å². The Morgan fingerprint density at radius 2 is 1.92 bits per heavy atom. The molecule has 0 saturated heterocycles. The summed E-state index contributed by atoms with van der Waals surface area (Å²) in [6.07, 6.45) is 0. The number of aromatic amines is 1. The van der Waals surface area contributed by atoms with E-state index < -0.39 is 33.2 Å². The second-order valence-electron chi connectivity index (χ2n) is 4.58. The summed E-state index contributed by atoms with van der Waals surface area (Å²) in [4.78, 5) is 28.0. The zero-order chi connectivity index (χ0) is 17.9. The maximum absolute atomic E-state index is 12.2. The van der Waals surface area contributed by atoms with Gasteiger partial charge in [0.15, 0.2) is 0 Å². The zero-order valence-electron chi connectivity index (χ0n) is 12.7. The van der Waals surface area contributed by atoms with E-state index in [1.165, 1.54) is 31.2 Å². The van der Waals surface area contributed by atoms with Crippen LogP contribution in [0, 0.1) is 0 Å². The molecule has 0 saturated carbocycles. The Kier molecular flexibility index (Phi) is 4.74. The summed E-state index contributed by atoms with van der Waals surface area (Å²) in [5.41, 5.74) is -0.418. The standard InChI is InChI=1S/C13H14N4O6S/c1-7(18)14-8-3-5-9(6-4-8)24(21,22)17-13-15-11(19)10(23-2)12(20)16-13/h3-6H,1-2H3,(H,14,18)(H3,15,16,17,19,20). The van der Waals surface area contributed by atoms with Gasteiger partial charge in [-0.25, -0.2) is 13.1 Å². The summed E-state index contributed by atoms with van der Waals surface area (Å²) in [7, 11) is -2.90. The highest BCUT2D eigenvalue weighted by Gasteiger charge is 2.18. The number of H-pyrrole nitrogens is 1. The number of carbonyl (C=O) groups excluding carboxylic acids is 1. The third kappa shape index (κ3) is 3.81. The molecule has 0 atom stereocenters. The molecule has 0 spiro atoms. The normalized spacial score (nSPS) is 10.9. The molecule has 1 amide bonds. The molecule has 2 aromatic rings. The van der Waals surface area contributed by atoms with Crippen molar-refractivity contribution in [2.45, 2.75) is 11.8 Å². The van der Waals surface area contributed by atoms with Crippen LogP contribution in [-0.4, -0.2) is 36.5 Å². The number of hydrogen-bond acceptors (Lipinski definition) is 7. The number of amides is 1. The first-order valence-electron chi connectivity index (χ1n) is 6.50. The number of anilines is 2. The lowest BCUT2D eigenvalue weighted by atomic mass is 10.3. The molecular weight excluding hydrogens is 340 g/mol. The van der Waals surface area contributed by atoms with E-state index >= 15 is 0 Å². The van der Waals surface area contributed by atoms with E-state index in [0.717, 1.165) is 7.11 Å². The van der Waals surface area contributed by atoms with Crippen molar-refractivity contribution in [3.05, 3.63) is 34.6 Å². The average molecular weight is 354 g/mol. The van der Waals surface area contributed by atoms with Crippen LogP contribution in [0.25, 0.3) is 0 Å². The van der Waals surface area contributed by atoms with Crippen molar-refractivity contribution < 1.29 is 23.1 Å². The molecule has 0 radical (unpaired) electrons. The summed E-state index contributed by atoms with van der Waals surface area (Å²) in [5, 5.41) is 12.0. The Morgan fingerprint density at radius 3 is 2.42 bits per heavy atom. The second-order valence-corrected chi connectivity index (χ2v) is 6.26. The van der Waals surface area contributed by atoms with Crippen LogP contribution in [0.2, 0.25) is 0 Å². The van der Waals surface area contributed by atoms with Crippen molar-refractivity contribution in [1.82, 2.24) is 9.97 Å². The van der Waals surface area contributed by atoms with Gasteiger partial charge >= 0.3 is 0 Å². The van der Waals surface area contributed by atoms with E-state index in [-0.39, 0.29) is 10.8 Å². The number of methoxy groups -OCH3 is 1. The van der Waals surface area contributed by atoms with Gasteiger partial charge in [-0.2, -0.15) is 4.98 Å². The van der Waals surface area contributed by atoms with Gasteiger partial charge in [0.25, 0.3) is 21.5 Å². The van der Waals surface area contributed by atoms with Crippen LogP contribution < -0.4 is 20.3 Å². The SMILES string of the molecule is COc1c(O)nc(NS(=O)(=O)c2ccc(NC(C)=O)cc2)[nH]c1=O. The molecule has 0 aliphatic carbocycles. The number of sulfonamides is 1. The molecule has 1 aromatic carbocycles. The van der Waals surface area contributed by atoms with E-state index in [0.29, 0.717) is 5.69 Å². The lowest BCUT2D eigenvalue weighted by molar-refractivity contribution is -0.114. The van der Waals surface area contributed by atoms with Crippen LogP contribution in [0.15, 0.2) is 34.0 Å². The molecule has 10 nitrogen and oxygen atoms in total. The molecule has 11 heteroatoms. The summed E-state index contributed by atoms with van der Waals surface area (Å²) in [6.45, 7) is 1.32. The lowest BCUT2D eigenvalue weighted by Gasteiger charge is -2.09. The minimum absolute atomic E-state index is 0.130. The Balaban J connectivity index is 2.28. The summed E-state index contributed by atoms with van der Waals surface area (Å²) in [6, 6.07) is 5.32. The lowest BCUT2D eigenvalue weighted by Crippen LogP contribution is -2.19. The quantitative estimate of drug-likeness (QED) is 0.600. The number of carbonyl (C=O) groups is 1. The number of aromatic nitrogens is 2. The van der Waals surface area contributed by atoms with E-state index in [4.69, 9.17) is 0 Å². The summed E-state index contributed by atoms with van der Waals surface area (Å²) >= 11 is 0. The Bertz CT molecular complexity index is 920. The number of nitrogens with one attached hydrogen (secondary N) is 3. The van der Waals surface area contributed by atoms with Crippen molar-refractivity contribution in [2.75, 3.05) is 17.1 Å². The smallest absolute Gasteiger partial charge is 0.298 e. The molecule has 0 unspecified atom stereocenters. The van der Waals surface area contributed by atoms with Gasteiger partial charge in [0.2, 0.25) is 17.6 Å². The maximum Gasteiger partial charge on any atom is 0.298 e. The average Bonchev–Trinajstić information content (AvgIpc) is 2.46. The molecule has 0 aliphatic rings. The molecule has 1 heterocycles. The molecule has 1 aromatic heterocycles. The molecule has 0 bridgehead atoms. The largest absolute Gasteiger partial charge is 0.490 e. The van der Waals surface area contributed by atoms with E-state index in [2.05, 4.69) is 20.0 Å². The van der Waals surface area contributed by atoms with E-state index in [9.17, 15) is 23.1 Å². The fourth-order valence-electron chi connectivity index (χ4n) is 1.79. The molecule has 0 aliphatic heterocycles. The van der Waals surface area contributed by atoms with Crippen LogP contribution in [-0.2, 0) is 14.8 Å². The molecule has 24 heavy (non-hydrogen) atoms.